The molecule has 1 aromatic heterocycles. The first-order chi connectivity index (χ1) is 19.1. The Labute approximate surface area is 227 Å². The van der Waals surface area contributed by atoms with Gasteiger partial charge in [-0.25, -0.2) is 0 Å². The molecule has 7 rings (SSSR count). The molecule has 0 radical (unpaired) electrons. The minimum absolute atomic E-state index is 0.0354. The topological polar surface area (TPSA) is 45.6 Å². The third kappa shape index (κ3) is 4.11. The predicted octanol–water partition coefficient (Wildman–Crippen LogP) is 6.68. The lowest BCUT2D eigenvalue weighted by atomic mass is 9.97. The molecular weight excluding hydrogens is 482 g/mol. The molecule has 2 amide bonds. The second kappa shape index (κ2) is 9.28. The van der Waals surface area contributed by atoms with Crippen LogP contribution in [0.4, 0.5) is 5.69 Å². The number of carbonyl (C=O) groups is 2. The third-order valence-corrected chi connectivity index (χ3v) is 7.93. The van der Waals surface area contributed by atoms with E-state index < -0.39 is 0 Å². The number of benzene rings is 4. The quantitative estimate of drug-likeness (QED) is 0.264. The molecule has 1 aliphatic heterocycles. The largest absolute Gasteiger partial charge is 0.326 e. The lowest BCUT2D eigenvalue weighted by Gasteiger charge is -2.39. The Bertz CT molecular complexity index is 1710. The zero-order valence-corrected chi connectivity index (χ0v) is 21.8. The molecule has 192 valence electrons. The van der Waals surface area contributed by atoms with Crippen LogP contribution < -0.4 is 4.90 Å². The van der Waals surface area contributed by atoms with Gasteiger partial charge in [0.2, 0.25) is 5.91 Å². The maximum Gasteiger partial charge on any atom is 0.254 e. The van der Waals surface area contributed by atoms with Gasteiger partial charge in [-0.3, -0.25) is 14.5 Å². The zero-order valence-electron chi connectivity index (χ0n) is 21.8. The van der Waals surface area contributed by atoms with E-state index in [9.17, 15) is 9.59 Å². The molecule has 1 atom stereocenters. The molecule has 1 aliphatic carbocycles. The van der Waals surface area contributed by atoms with Crippen molar-refractivity contribution in [3.63, 3.8) is 0 Å². The predicted molar refractivity (Wildman–Crippen MR) is 154 cm³/mol. The van der Waals surface area contributed by atoms with E-state index in [2.05, 4.69) is 48.0 Å². The summed E-state index contributed by atoms with van der Waals surface area (Å²) >= 11 is 0. The van der Waals surface area contributed by atoms with Gasteiger partial charge in [-0.2, -0.15) is 0 Å². The van der Waals surface area contributed by atoms with E-state index in [0.29, 0.717) is 5.56 Å². The minimum Gasteiger partial charge on any atom is -0.326 e. The second-order valence-electron chi connectivity index (χ2n) is 10.6. The van der Waals surface area contributed by atoms with Gasteiger partial charge in [0, 0.05) is 17.8 Å². The van der Waals surface area contributed by atoms with Crippen LogP contribution in [0.15, 0.2) is 109 Å². The summed E-state index contributed by atoms with van der Waals surface area (Å²) in [5, 5.41) is 2.12. The van der Waals surface area contributed by atoms with Gasteiger partial charge in [-0.1, -0.05) is 72.3 Å². The number of fused-ring (bicyclic) bond motifs is 4. The van der Waals surface area contributed by atoms with Crippen LogP contribution >= 0.6 is 0 Å². The minimum atomic E-state index is -0.292. The van der Waals surface area contributed by atoms with E-state index >= 15 is 0 Å². The Morgan fingerprint density at radius 3 is 2.28 bits per heavy atom. The van der Waals surface area contributed by atoms with Crippen LogP contribution in [0.2, 0.25) is 0 Å². The number of rotatable bonds is 5. The van der Waals surface area contributed by atoms with E-state index in [4.69, 9.17) is 0 Å². The van der Waals surface area contributed by atoms with Crippen LogP contribution in [0.5, 0.6) is 0 Å². The van der Waals surface area contributed by atoms with Crippen LogP contribution in [-0.4, -0.2) is 33.9 Å². The zero-order chi connectivity index (χ0) is 26.5. The van der Waals surface area contributed by atoms with Crippen LogP contribution in [0.3, 0.4) is 0 Å². The van der Waals surface area contributed by atoms with E-state index in [0.717, 1.165) is 46.2 Å². The average Bonchev–Trinajstić information content (AvgIpc) is 3.70. The molecule has 5 aromatic rings. The fourth-order valence-electron chi connectivity index (χ4n) is 5.79. The Morgan fingerprint density at radius 2 is 1.51 bits per heavy atom. The smallest absolute Gasteiger partial charge is 0.254 e. The third-order valence-electron chi connectivity index (χ3n) is 7.93. The number of hydrogen-bond acceptors (Lipinski definition) is 2. The maximum absolute atomic E-state index is 14.4. The van der Waals surface area contributed by atoms with E-state index in [1.165, 1.54) is 5.56 Å². The van der Waals surface area contributed by atoms with Gasteiger partial charge in [-0.05, 0) is 72.5 Å². The van der Waals surface area contributed by atoms with Crippen LogP contribution in [0.1, 0.15) is 46.1 Å². The highest BCUT2D eigenvalue weighted by Crippen LogP contribution is 2.42. The molecule has 1 unspecified atom stereocenters. The number of aryl methyl sites for hydroxylation is 1. The number of amides is 2. The molecule has 2 aliphatic rings. The van der Waals surface area contributed by atoms with Gasteiger partial charge in [0.05, 0.1) is 17.1 Å². The lowest BCUT2D eigenvalue weighted by Crippen LogP contribution is -2.47. The second-order valence-corrected chi connectivity index (χ2v) is 10.6. The summed E-state index contributed by atoms with van der Waals surface area (Å²) in [7, 11) is 0. The van der Waals surface area contributed by atoms with Crippen molar-refractivity contribution in [2.75, 3.05) is 11.4 Å². The van der Waals surface area contributed by atoms with Gasteiger partial charge >= 0.3 is 0 Å². The van der Waals surface area contributed by atoms with Crippen molar-refractivity contribution < 1.29 is 9.59 Å². The van der Waals surface area contributed by atoms with Crippen molar-refractivity contribution in [1.29, 1.82) is 0 Å². The molecule has 39 heavy (non-hydrogen) atoms. The lowest BCUT2D eigenvalue weighted by molar-refractivity contribution is -0.119. The molecule has 4 aromatic carbocycles. The van der Waals surface area contributed by atoms with E-state index in [1.807, 2.05) is 77.7 Å². The standard InChI is InChI=1S/C34H29N3O2/c1-23-12-14-25(15-13-23)33-31-11-6-20-35(31)29-9-4-5-10-30(29)37(33)32(38)22-36(28-18-19-28)34(39)27-17-16-24-7-2-3-8-26(24)21-27/h2-17,20-21,28,33H,18-19,22H2,1H3. The molecule has 2 heterocycles. The molecule has 1 saturated carbocycles. The molecule has 0 saturated heterocycles. The van der Waals surface area contributed by atoms with E-state index in [-0.39, 0.29) is 30.4 Å². The van der Waals surface area contributed by atoms with Crippen LogP contribution in [0.25, 0.3) is 16.5 Å². The number of hydrogen-bond donors (Lipinski definition) is 0. The highest BCUT2D eigenvalue weighted by molar-refractivity contribution is 6.04. The first-order valence-corrected chi connectivity index (χ1v) is 13.5. The maximum atomic E-state index is 14.4. The number of aromatic nitrogens is 1. The van der Waals surface area contributed by atoms with Gasteiger partial charge in [0.25, 0.3) is 5.91 Å². The molecule has 0 bridgehead atoms. The average molecular weight is 512 g/mol. The van der Waals surface area contributed by atoms with Crippen molar-refractivity contribution >= 4 is 28.3 Å². The van der Waals surface area contributed by atoms with Gasteiger partial charge in [0.1, 0.15) is 12.6 Å². The van der Waals surface area contributed by atoms with Gasteiger partial charge in [0.15, 0.2) is 0 Å². The van der Waals surface area contributed by atoms with Crippen molar-refractivity contribution in [1.82, 2.24) is 9.47 Å². The summed E-state index contributed by atoms with van der Waals surface area (Å²) in [5.74, 6) is -0.168. The number of carbonyl (C=O) groups excluding carboxylic acids is 2. The molecule has 1 fully saturated rings. The normalized spacial score (nSPS) is 16.0. The van der Waals surface area contributed by atoms with E-state index in [1.54, 1.807) is 4.90 Å². The van der Waals surface area contributed by atoms with Gasteiger partial charge < -0.3 is 9.47 Å². The molecule has 5 heteroatoms. The Morgan fingerprint density at radius 1 is 0.795 bits per heavy atom. The number of anilines is 1. The highest BCUT2D eigenvalue weighted by atomic mass is 16.2. The van der Waals surface area contributed by atoms with Crippen molar-refractivity contribution in [3.05, 3.63) is 132 Å². The van der Waals surface area contributed by atoms with Gasteiger partial charge in [-0.15, -0.1) is 0 Å². The summed E-state index contributed by atoms with van der Waals surface area (Å²) in [6.45, 7) is 2.10. The fraction of sp³-hybridized carbons (Fsp3) is 0.176. The first kappa shape index (κ1) is 23.5. The number of para-hydroxylation sites is 2. The van der Waals surface area contributed by atoms with Crippen LogP contribution in [-0.2, 0) is 4.79 Å². The summed E-state index contributed by atoms with van der Waals surface area (Å²) in [4.78, 5) is 31.9. The Kier molecular flexibility index (Phi) is 5.58. The fourth-order valence-corrected chi connectivity index (χ4v) is 5.79. The molecular formula is C34H29N3O2. The highest BCUT2D eigenvalue weighted by Gasteiger charge is 2.40. The SMILES string of the molecule is Cc1ccc(C2c3cccn3-c3ccccc3N2C(=O)CN(C(=O)c2ccc3ccccc3c2)C2CC2)cc1. The number of nitrogens with zero attached hydrogens (tertiary/aromatic N) is 3. The molecule has 0 N–H and O–H groups in total. The Hall–Kier alpha value is -4.64. The summed E-state index contributed by atoms with van der Waals surface area (Å²) in [5.41, 5.74) is 5.69. The summed E-state index contributed by atoms with van der Waals surface area (Å²) in [6, 6.07) is 34.1. The molecule has 5 nitrogen and oxygen atoms in total. The van der Waals surface area contributed by atoms with Crippen molar-refractivity contribution in [2.24, 2.45) is 0 Å². The van der Waals surface area contributed by atoms with Crippen molar-refractivity contribution in [2.45, 2.75) is 31.8 Å². The monoisotopic (exact) mass is 511 g/mol. The van der Waals surface area contributed by atoms with Crippen LogP contribution in [0, 0.1) is 6.92 Å². The van der Waals surface area contributed by atoms with Crippen molar-refractivity contribution in [3.8, 4) is 5.69 Å². The molecule has 0 spiro atoms. The summed E-state index contributed by atoms with van der Waals surface area (Å²) < 4.78 is 2.17. The summed E-state index contributed by atoms with van der Waals surface area (Å²) in [6.07, 6.45) is 3.90. The first-order valence-electron chi connectivity index (χ1n) is 13.5. The Balaban J connectivity index is 1.27.